The summed E-state index contributed by atoms with van der Waals surface area (Å²) in [6.45, 7) is -0.00856. The highest BCUT2D eigenvalue weighted by atomic mass is 32.1. The molecule has 2 aromatic carbocycles. The van der Waals surface area contributed by atoms with Crippen LogP contribution in [-0.4, -0.2) is 4.99 Å². The van der Waals surface area contributed by atoms with Crippen molar-refractivity contribution >= 4 is 17.2 Å². The maximum Gasteiger partial charge on any atom is 0.165 e. The first kappa shape index (κ1) is 13.4. The zero-order valence-electron chi connectivity index (χ0n) is 9.90. The van der Waals surface area contributed by atoms with Gasteiger partial charge in [-0.3, -0.25) is 0 Å². The van der Waals surface area contributed by atoms with Crippen molar-refractivity contribution in [2.75, 3.05) is 0 Å². The van der Waals surface area contributed by atoms with Crippen LogP contribution in [0.1, 0.15) is 11.1 Å². The molecule has 0 unspecified atom stereocenters. The molecule has 5 heteroatoms. The van der Waals surface area contributed by atoms with Gasteiger partial charge in [-0.15, -0.1) is 0 Å². The van der Waals surface area contributed by atoms with Crippen molar-refractivity contribution in [3.8, 4) is 5.75 Å². The number of nitrogens with two attached hydrogens (primary N) is 1. The zero-order valence-corrected chi connectivity index (χ0v) is 10.7. The first-order valence-electron chi connectivity index (χ1n) is 5.53. The third kappa shape index (κ3) is 3.26. The van der Waals surface area contributed by atoms with Crippen molar-refractivity contribution in [3.63, 3.8) is 0 Å². The number of para-hydroxylation sites is 1. The van der Waals surface area contributed by atoms with Gasteiger partial charge in [0.15, 0.2) is 11.6 Å². The minimum absolute atomic E-state index is 0.00856. The topological polar surface area (TPSA) is 35.2 Å². The van der Waals surface area contributed by atoms with E-state index in [-0.39, 0.29) is 17.3 Å². The molecule has 98 valence electrons. The highest BCUT2D eigenvalue weighted by Crippen LogP contribution is 2.19. The fraction of sp³-hybridized carbons (Fsp3) is 0.0714. The largest absolute Gasteiger partial charge is 0.486 e. The monoisotopic (exact) mass is 279 g/mol. The Hall–Kier alpha value is -2.01. The highest BCUT2D eigenvalue weighted by molar-refractivity contribution is 7.80. The molecule has 0 radical (unpaired) electrons. The molecule has 0 amide bonds. The lowest BCUT2D eigenvalue weighted by molar-refractivity contribution is 0.289. The summed E-state index contributed by atoms with van der Waals surface area (Å²) in [6, 6.07) is 10.0. The van der Waals surface area contributed by atoms with E-state index >= 15 is 0 Å². The second kappa shape index (κ2) is 5.75. The summed E-state index contributed by atoms with van der Waals surface area (Å²) in [6.07, 6.45) is 0. The Morgan fingerprint density at radius 3 is 2.58 bits per heavy atom. The number of thiocarbonyl (C=S) groups is 1. The molecular formula is C14H11F2NOS. The molecule has 2 N–H and O–H groups in total. The Morgan fingerprint density at radius 1 is 1.16 bits per heavy atom. The van der Waals surface area contributed by atoms with Crippen LogP contribution >= 0.6 is 12.2 Å². The maximum atomic E-state index is 13.4. The Bertz CT molecular complexity index is 616. The number of hydrogen-bond acceptors (Lipinski definition) is 2. The predicted molar refractivity (Wildman–Crippen MR) is 73.0 cm³/mol. The van der Waals surface area contributed by atoms with E-state index in [1.807, 2.05) is 0 Å². The van der Waals surface area contributed by atoms with Gasteiger partial charge in [0, 0.05) is 11.1 Å². The molecule has 0 spiro atoms. The SMILES string of the molecule is NC(=S)c1ccc(F)cc1COc1ccccc1F. The summed E-state index contributed by atoms with van der Waals surface area (Å²) in [7, 11) is 0. The van der Waals surface area contributed by atoms with Crippen LogP contribution in [0.2, 0.25) is 0 Å². The van der Waals surface area contributed by atoms with Crippen LogP contribution in [0.4, 0.5) is 8.78 Å². The van der Waals surface area contributed by atoms with Gasteiger partial charge in [-0.25, -0.2) is 8.78 Å². The second-order valence-corrected chi connectivity index (χ2v) is 4.32. The molecule has 0 aromatic heterocycles. The van der Waals surface area contributed by atoms with Gasteiger partial charge in [0.05, 0.1) is 0 Å². The molecule has 0 bridgehead atoms. The Morgan fingerprint density at radius 2 is 1.89 bits per heavy atom. The molecule has 0 heterocycles. The number of hydrogen-bond donors (Lipinski definition) is 1. The van der Waals surface area contributed by atoms with Gasteiger partial charge in [0.2, 0.25) is 0 Å². The number of rotatable bonds is 4. The summed E-state index contributed by atoms with van der Waals surface area (Å²) >= 11 is 4.88. The average molecular weight is 279 g/mol. The zero-order chi connectivity index (χ0) is 13.8. The number of ether oxygens (including phenoxy) is 1. The lowest BCUT2D eigenvalue weighted by Crippen LogP contribution is -2.14. The first-order valence-corrected chi connectivity index (χ1v) is 5.94. The molecule has 2 rings (SSSR count). The third-order valence-electron chi connectivity index (χ3n) is 2.55. The summed E-state index contributed by atoms with van der Waals surface area (Å²) in [5, 5.41) is 0. The van der Waals surface area contributed by atoms with Crippen LogP contribution in [0.15, 0.2) is 42.5 Å². The molecule has 0 saturated carbocycles. The van der Waals surface area contributed by atoms with Crippen LogP contribution in [0, 0.1) is 11.6 Å². The van der Waals surface area contributed by atoms with E-state index in [0.29, 0.717) is 11.1 Å². The number of halogens is 2. The van der Waals surface area contributed by atoms with Crippen molar-refractivity contribution in [1.29, 1.82) is 0 Å². The Balaban J connectivity index is 2.22. The van der Waals surface area contributed by atoms with E-state index in [1.54, 1.807) is 12.1 Å². The van der Waals surface area contributed by atoms with Gasteiger partial charge < -0.3 is 10.5 Å². The minimum atomic E-state index is -0.476. The first-order chi connectivity index (χ1) is 9.08. The molecule has 0 saturated heterocycles. The minimum Gasteiger partial charge on any atom is -0.486 e. The van der Waals surface area contributed by atoms with E-state index < -0.39 is 11.6 Å². The van der Waals surface area contributed by atoms with E-state index in [4.69, 9.17) is 22.7 Å². The molecular weight excluding hydrogens is 268 g/mol. The summed E-state index contributed by atoms with van der Waals surface area (Å²) in [4.78, 5) is 0.145. The summed E-state index contributed by atoms with van der Waals surface area (Å²) < 4.78 is 31.9. The lowest BCUT2D eigenvalue weighted by Gasteiger charge is -2.11. The average Bonchev–Trinajstić information content (AvgIpc) is 2.37. The molecule has 2 nitrogen and oxygen atoms in total. The van der Waals surface area contributed by atoms with Crippen LogP contribution < -0.4 is 10.5 Å². The molecule has 19 heavy (non-hydrogen) atoms. The Labute approximate surface area is 114 Å². The maximum absolute atomic E-state index is 13.4. The van der Waals surface area contributed by atoms with Gasteiger partial charge in [-0.05, 0) is 30.3 Å². The van der Waals surface area contributed by atoms with Crippen LogP contribution in [0.5, 0.6) is 5.75 Å². The molecule has 0 aliphatic rings. The standard InChI is InChI=1S/C14H11F2NOS/c15-10-5-6-11(14(17)19)9(7-10)8-18-13-4-2-1-3-12(13)16/h1-7H,8H2,(H2,17,19). The number of benzene rings is 2. The fourth-order valence-electron chi connectivity index (χ4n) is 1.64. The highest BCUT2D eigenvalue weighted by Gasteiger charge is 2.09. The van der Waals surface area contributed by atoms with Crippen LogP contribution in [0.3, 0.4) is 0 Å². The van der Waals surface area contributed by atoms with Gasteiger partial charge in [0.1, 0.15) is 17.4 Å². The van der Waals surface area contributed by atoms with Gasteiger partial charge >= 0.3 is 0 Å². The smallest absolute Gasteiger partial charge is 0.165 e. The van der Waals surface area contributed by atoms with Crippen molar-refractivity contribution in [2.45, 2.75) is 6.61 Å². The van der Waals surface area contributed by atoms with Crippen molar-refractivity contribution in [1.82, 2.24) is 0 Å². The lowest BCUT2D eigenvalue weighted by atomic mass is 10.1. The molecule has 0 aliphatic heterocycles. The third-order valence-corrected chi connectivity index (χ3v) is 2.77. The predicted octanol–water partition coefficient (Wildman–Crippen LogP) is 3.18. The van der Waals surface area contributed by atoms with Gasteiger partial charge in [-0.1, -0.05) is 24.4 Å². The van der Waals surface area contributed by atoms with E-state index in [9.17, 15) is 8.78 Å². The fourth-order valence-corrected chi connectivity index (χ4v) is 1.84. The van der Waals surface area contributed by atoms with Crippen molar-refractivity contribution in [2.24, 2.45) is 5.73 Å². The van der Waals surface area contributed by atoms with E-state index in [1.165, 1.54) is 30.3 Å². The van der Waals surface area contributed by atoms with Gasteiger partial charge in [0.25, 0.3) is 0 Å². The van der Waals surface area contributed by atoms with Crippen molar-refractivity contribution in [3.05, 3.63) is 65.2 Å². The second-order valence-electron chi connectivity index (χ2n) is 3.88. The molecule has 0 atom stereocenters. The van der Waals surface area contributed by atoms with E-state index in [2.05, 4.69) is 0 Å². The molecule has 2 aromatic rings. The van der Waals surface area contributed by atoms with Gasteiger partial charge in [-0.2, -0.15) is 0 Å². The van der Waals surface area contributed by atoms with Crippen molar-refractivity contribution < 1.29 is 13.5 Å². The quantitative estimate of drug-likeness (QED) is 0.873. The Kier molecular flexibility index (Phi) is 4.06. The normalized spacial score (nSPS) is 10.2. The molecule has 0 aliphatic carbocycles. The summed E-state index contributed by atoms with van der Waals surface area (Å²) in [5.74, 6) is -0.802. The molecule has 0 fully saturated rings. The van der Waals surface area contributed by atoms with Crippen LogP contribution in [0.25, 0.3) is 0 Å². The van der Waals surface area contributed by atoms with Crippen LogP contribution in [-0.2, 0) is 6.61 Å². The summed E-state index contributed by atoms with van der Waals surface area (Å²) in [5.41, 5.74) is 6.55. The van der Waals surface area contributed by atoms with E-state index in [0.717, 1.165) is 0 Å².